The predicted octanol–water partition coefficient (Wildman–Crippen LogP) is 7.08. The Kier molecular flexibility index (Phi) is 8.85. The highest BCUT2D eigenvalue weighted by Gasteiger charge is 2.24. The molecule has 6 heteroatoms. The van der Waals surface area contributed by atoms with Gasteiger partial charge in [0.25, 0.3) is 0 Å². The highest BCUT2D eigenvalue weighted by atomic mass is 32.2. The normalized spacial score (nSPS) is 14.7. The summed E-state index contributed by atoms with van der Waals surface area (Å²) in [6.07, 6.45) is 5.43. The molecule has 1 saturated carbocycles. The van der Waals surface area contributed by atoms with Crippen LogP contribution in [0.1, 0.15) is 49.8 Å². The first-order valence-corrected chi connectivity index (χ1v) is 13.2. The molecule has 182 valence electrons. The Morgan fingerprint density at radius 3 is 2.29 bits per heavy atom. The van der Waals surface area contributed by atoms with Crippen molar-refractivity contribution in [3.63, 3.8) is 0 Å². The summed E-state index contributed by atoms with van der Waals surface area (Å²) in [4.78, 5) is 26.9. The van der Waals surface area contributed by atoms with Crippen LogP contribution in [0.5, 0.6) is 5.75 Å². The largest absolute Gasteiger partial charge is 0.492 e. The third-order valence-electron chi connectivity index (χ3n) is 6.14. The quantitative estimate of drug-likeness (QED) is 0.316. The smallest absolute Gasteiger partial charge is 0.242 e. The molecule has 1 atom stereocenters. The SMILES string of the molecule is CCOc1ccccc1NC(=O)C(Sc1ccc(NC(=O)C2CCCCC2)cc1)c1ccccc1. The Bertz CT molecular complexity index is 1110. The fourth-order valence-corrected chi connectivity index (χ4v) is 5.34. The predicted molar refractivity (Wildman–Crippen MR) is 143 cm³/mol. The van der Waals surface area contributed by atoms with Gasteiger partial charge in [-0.3, -0.25) is 9.59 Å². The van der Waals surface area contributed by atoms with Crippen LogP contribution in [0.4, 0.5) is 11.4 Å². The van der Waals surface area contributed by atoms with Crippen LogP contribution in [0.15, 0.2) is 83.8 Å². The third kappa shape index (κ3) is 6.89. The summed E-state index contributed by atoms with van der Waals surface area (Å²) in [7, 11) is 0. The highest BCUT2D eigenvalue weighted by molar-refractivity contribution is 8.00. The molecule has 2 N–H and O–H groups in total. The van der Waals surface area contributed by atoms with E-state index in [-0.39, 0.29) is 17.7 Å². The van der Waals surface area contributed by atoms with Gasteiger partial charge in [-0.05, 0) is 61.7 Å². The first-order valence-electron chi connectivity index (χ1n) is 12.3. The Balaban J connectivity index is 1.47. The third-order valence-corrected chi connectivity index (χ3v) is 7.40. The lowest BCUT2D eigenvalue weighted by Crippen LogP contribution is -2.24. The molecule has 35 heavy (non-hydrogen) atoms. The number of carbonyl (C=O) groups is 2. The van der Waals surface area contributed by atoms with Crippen molar-refractivity contribution < 1.29 is 14.3 Å². The van der Waals surface area contributed by atoms with Crippen LogP contribution in [0, 0.1) is 5.92 Å². The van der Waals surface area contributed by atoms with Crippen molar-refractivity contribution in [3.05, 3.63) is 84.4 Å². The minimum Gasteiger partial charge on any atom is -0.492 e. The minimum absolute atomic E-state index is 0.111. The van der Waals surface area contributed by atoms with Gasteiger partial charge in [0.05, 0.1) is 12.3 Å². The second-order valence-electron chi connectivity index (χ2n) is 8.68. The maximum atomic E-state index is 13.4. The van der Waals surface area contributed by atoms with Crippen LogP contribution in [-0.2, 0) is 9.59 Å². The Labute approximate surface area is 211 Å². The summed E-state index contributed by atoms with van der Waals surface area (Å²) in [5, 5.41) is 5.65. The molecule has 0 bridgehead atoms. The Hall–Kier alpha value is -3.25. The number of nitrogens with one attached hydrogen (secondary N) is 2. The van der Waals surface area contributed by atoms with Crippen LogP contribution < -0.4 is 15.4 Å². The summed E-state index contributed by atoms with van der Waals surface area (Å²) in [5.41, 5.74) is 2.36. The second kappa shape index (κ2) is 12.5. The number of carbonyl (C=O) groups excluding carboxylic acids is 2. The molecule has 1 aliphatic rings. The van der Waals surface area contributed by atoms with Gasteiger partial charge in [0.1, 0.15) is 11.0 Å². The fourth-order valence-electron chi connectivity index (χ4n) is 4.31. The number of rotatable bonds is 9. The van der Waals surface area contributed by atoms with Crippen LogP contribution in [0.3, 0.4) is 0 Å². The van der Waals surface area contributed by atoms with Crippen molar-refractivity contribution in [2.75, 3.05) is 17.2 Å². The Morgan fingerprint density at radius 1 is 0.886 bits per heavy atom. The fraction of sp³-hybridized carbons (Fsp3) is 0.310. The van der Waals surface area contributed by atoms with E-state index in [4.69, 9.17) is 4.74 Å². The molecular weight excluding hydrogens is 456 g/mol. The average molecular weight is 489 g/mol. The molecule has 0 radical (unpaired) electrons. The van der Waals surface area contributed by atoms with Gasteiger partial charge in [0.15, 0.2) is 0 Å². The van der Waals surface area contributed by atoms with Gasteiger partial charge in [-0.2, -0.15) is 0 Å². The number of thioether (sulfide) groups is 1. The van der Waals surface area contributed by atoms with Crippen molar-refractivity contribution >= 4 is 35.0 Å². The van der Waals surface area contributed by atoms with Gasteiger partial charge < -0.3 is 15.4 Å². The molecule has 0 spiro atoms. The summed E-state index contributed by atoms with van der Waals surface area (Å²) in [6.45, 7) is 2.44. The van der Waals surface area contributed by atoms with Gasteiger partial charge in [-0.25, -0.2) is 0 Å². The van der Waals surface area contributed by atoms with E-state index < -0.39 is 5.25 Å². The molecule has 2 amide bonds. The van der Waals surface area contributed by atoms with Crippen LogP contribution >= 0.6 is 11.8 Å². The first-order chi connectivity index (χ1) is 17.1. The zero-order chi connectivity index (χ0) is 24.5. The van der Waals surface area contributed by atoms with Crippen LogP contribution in [0.25, 0.3) is 0 Å². The van der Waals surface area contributed by atoms with Crippen molar-refractivity contribution in [2.24, 2.45) is 5.92 Å². The monoisotopic (exact) mass is 488 g/mol. The molecule has 1 fully saturated rings. The lowest BCUT2D eigenvalue weighted by Gasteiger charge is -2.21. The molecule has 3 aromatic carbocycles. The van der Waals surface area contributed by atoms with Gasteiger partial charge in [-0.1, -0.05) is 61.7 Å². The van der Waals surface area contributed by atoms with Gasteiger partial charge in [0.2, 0.25) is 11.8 Å². The molecule has 5 nitrogen and oxygen atoms in total. The maximum Gasteiger partial charge on any atom is 0.242 e. The van der Waals surface area contributed by atoms with E-state index >= 15 is 0 Å². The number of hydrogen-bond acceptors (Lipinski definition) is 4. The van der Waals surface area contributed by atoms with Crippen LogP contribution in [-0.4, -0.2) is 18.4 Å². The molecular formula is C29H32N2O3S. The lowest BCUT2D eigenvalue weighted by atomic mass is 9.88. The second-order valence-corrected chi connectivity index (χ2v) is 9.85. The van der Waals surface area contributed by atoms with E-state index in [0.29, 0.717) is 18.0 Å². The van der Waals surface area contributed by atoms with Gasteiger partial charge >= 0.3 is 0 Å². The van der Waals surface area contributed by atoms with Gasteiger partial charge in [-0.15, -0.1) is 11.8 Å². The van der Waals surface area contributed by atoms with E-state index in [9.17, 15) is 9.59 Å². The van der Waals surface area contributed by atoms with Crippen molar-refractivity contribution in [3.8, 4) is 5.75 Å². The summed E-state index contributed by atoms with van der Waals surface area (Å²) in [5.74, 6) is 0.754. The highest BCUT2D eigenvalue weighted by Crippen LogP contribution is 2.37. The molecule has 0 saturated heterocycles. The van der Waals surface area contributed by atoms with Crippen molar-refractivity contribution in [1.29, 1.82) is 0 Å². The maximum absolute atomic E-state index is 13.4. The standard InChI is InChI=1S/C29H32N2O3S/c1-2-34-26-16-10-9-15-25(26)31-29(33)27(21-11-5-3-6-12-21)35-24-19-17-23(18-20-24)30-28(32)22-13-7-4-8-14-22/h3,5-6,9-12,15-20,22,27H,2,4,7-8,13-14H2,1H3,(H,30,32)(H,31,33). The molecule has 0 aliphatic heterocycles. The van der Waals surface area contributed by atoms with Crippen molar-refractivity contribution in [2.45, 2.75) is 49.2 Å². The van der Waals surface area contributed by atoms with E-state index in [2.05, 4.69) is 10.6 Å². The number of hydrogen-bond donors (Lipinski definition) is 2. The lowest BCUT2D eigenvalue weighted by molar-refractivity contribution is -0.120. The molecule has 1 aliphatic carbocycles. The molecule has 0 heterocycles. The molecule has 0 aromatic heterocycles. The van der Waals surface area contributed by atoms with Crippen molar-refractivity contribution in [1.82, 2.24) is 0 Å². The number of anilines is 2. The molecule has 1 unspecified atom stereocenters. The Morgan fingerprint density at radius 2 is 1.57 bits per heavy atom. The average Bonchev–Trinajstić information content (AvgIpc) is 2.90. The molecule has 3 aromatic rings. The summed E-state index contributed by atoms with van der Waals surface area (Å²) < 4.78 is 5.67. The summed E-state index contributed by atoms with van der Waals surface area (Å²) >= 11 is 1.48. The minimum atomic E-state index is -0.450. The molecule has 4 rings (SSSR count). The van der Waals surface area contributed by atoms with E-state index in [1.165, 1.54) is 18.2 Å². The number of amides is 2. The zero-order valence-corrected chi connectivity index (χ0v) is 20.9. The number of benzene rings is 3. The summed E-state index contributed by atoms with van der Waals surface area (Å²) in [6, 6.07) is 24.9. The van der Waals surface area contributed by atoms with E-state index in [1.807, 2.05) is 85.8 Å². The van der Waals surface area contributed by atoms with E-state index in [0.717, 1.165) is 41.8 Å². The van der Waals surface area contributed by atoms with E-state index in [1.54, 1.807) is 0 Å². The zero-order valence-electron chi connectivity index (χ0n) is 20.0. The first kappa shape index (κ1) is 24.9. The van der Waals surface area contributed by atoms with Gasteiger partial charge in [0, 0.05) is 16.5 Å². The topological polar surface area (TPSA) is 67.4 Å². The number of ether oxygens (including phenoxy) is 1. The number of para-hydroxylation sites is 2. The van der Waals surface area contributed by atoms with Crippen LogP contribution in [0.2, 0.25) is 0 Å².